The lowest BCUT2D eigenvalue weighted by Crippen LogP contribution is -2.26. The van der Waals surface area contributed by atoms with E-state index in [4.69, 9.17) is 96.4 Å². The molecule has 0 saturated carbocycles. The van der Waals surface area contributed by atoms with Crippen molar-refractivity contribution in [1.29, 1.82) is 0 Å². The number of methoxy groups -OCH3 is 4. The lowest BCUT2D eigenvalue weighted by molar-refractivity contribution is -0.117. The predicted molar refractivity (Wildman–Crippen MR) is 444 cm³/mol. The topological polar surface area (TPSA) is 550 Å². The number of nitrogens with two attached hydrogens (primary N) is 7. The van der Waals surface area contributed by atoms with Gasteiger partial charge in [0, 0.05) is 31.8 Å². The van der Waals surface area contributed by atoms with Crippen LogP contribution < -0.4 is 97.0 Å². The number of terminal acetylenes is 4. The quantitative estimate of drug-likeness (QED) is 0.0296. The van der Waals surface area contributed by atoms with Gasteiger partial charge in [0.05, 0.1) is 103 Å². The highest BCUT2D eigenvalue weighted by atomic mass is 79.9. The summed E-state index contributed by atoms with van der Waals surface area (Å²) in [6, 6.07) is 30.4. The molecule has 19 N–H and O–H groups in total. The van der Waals surface area contributed by atoms with Crippen LogP contribution in [0.15, 0.2) is 142 Å². The molecule has 1 aliphatic rings. The van der Waals surface area contributed by atoms with Gasteiger partial charge in [-0.3, -0.25) is 48.0 Å². The lowest BCUT2D eigenvalue weighted by Gasteiger charge is -2.16. The Morgan fingerprint density at radius 2 is 0.930 bits per heavy atom. The zero-order chi connectivity index (χ0) is 83.3. The molecule has 0 radical (unpaired) electrons. The van der Waals surface area contributed by atoms with Crippen molar-refractivity contribution < 1.29 is 28.5 Å². The number of hydrogen-bond donors (Lipinski definition) is 12. The molecule has 0 aliphatic carbocycles. The monoisotopic (exact) mass is 1640 g/mol. The summed E-state index contributed by atoms with van der Waals surface area (Å²) < 4.78 is 26.1. The molecule has 2 amide bonds. The van der Waals surface area contributed by atoms with Gasteiger partial charge in [-0.05, 0) is 70.8 Å². The number of nitrogens with one attached hydrogen (secondary N) is 5. The fraction of sp³-hybridized carbons (Fsp3) is 0.187. The summed E-state index contributed by atoms with van der Waals surface area (Å²) in [5, 5.41) is 9.41. The van der Waals surface area contributed by atoms with Crippen LogP contribution in [0.4, 0.5) is 64.5 Å². The SMILES string of the molecule is C#CCBr.C#CCn1c(=O)[nH]c2nc(N)ncc21.C#CCn1c(=O)[nH]c2nc(NC(C)=O)ncc21.C#CCn1c(=O)n(Cc2ccc(OC)cc2)c2nc(N)ncc21.COc1ccc(CN2C(=O)Cc3cnc(N)nc32)cc1.COc1ccc(CNc2nc(N)nc(Cl)c2N)cc1.COc1ccc(CNc2nc(N)ncc2N)cc1. The number of imidazole rings is 3. The molecule has 40 heteroatoms. The van der Waals surface area contributed by atoms with E-state index in [9.17, 15) is 24.0 Å². The van der Waals surface area contributed by atoms with E-state index in [-0.39, 0.29) is 95.0 Å². The molecule has 14 rings (SSSR count). The van der Waals surface area contributed by atoms with Gasteiger partial charge in [-0.25, -0.2) is 39.3 Å². The highest BCUT2D eigenvalue weighted by Gasteiger charge is 2.29. The van der Waals surface area contributed by atoms with E-state index in [0.29, 0.717) is 94.6 Å². The second-order valence-electron chi connectivity index (χ2n) is 23.4. The van der Waals surface area contributed by atoms with E-state index in [1.165, 1.54) is 50.0 Å². The third-order valence-corrected chi connectivity index (χ3v) is 16.3. The number of carbonyl (C=O) groups excluding carboxylic acids is 2. The number of carbonyl (C=O) groups is 2. The van der Waals surface area contributed by atoms with Gasteiger partial charge in [-0.2, -0.15) is 34.9 Å². The maximum Gasteiger partial charge on any atom is 0.331 e. The first-order chi connectivity index (χ1) is 55.3. The number of alkyl halides is 1. The van der Waals surface area contributed by atoms with Crippen molar-refractivity contribution in [2.75, 3.05) is 94.8 Å². The first-order valence-electron chi connectivity index (χ1n) is 33.7. The van der Waals surface area contributed by atoms with Gasteiger partial charge >= 0.3 is 17.1 Å². The number of hydrogen-bond acceptors (Lipinski definition) is 30. The number of nitrogen functional groups attached to an aromatic ring is 7. The zero-order valence-corrected chi connectivity index (χ0v) is 64.7. The molecule has 4 aromatic carbocycles. The van der Waals surface area contributed by atoms with Crippen molar-refractivity contribution in [3.8, 4) is 72.4 Å². The molecule has 1 aliphatic heterocycles. The van der Waals surface area contributed by atoms with Gasteiger partial charge in [0.2, 0.25) is 47.5 Å². The molecular formula is C75H77BrClN29O9. The molecule has 115 heavy (non-hydrogen) atoms. The van der Waals surface area contributed by atoms with Crippen molar-refractivity contribution in [2.24, 2.45) is 0 Å². The van der Waals surface area contributed by atoms with Crippen LogP contribution in [0.1, 0.15) is 34.7 Å². The first kappa shape index (κ1) is 85.1. The van der Waals surface area contributed by atoms with E-state index in [1.54, 1.807) is 39.5 Å². The first-order valence-corrected chi connectivity index (χ1v) is 35.2. The smallest absolute Gasteiger partial charge is 0.331 e. The highest BCUT2D eigenvalue weighted by molar-refractivity contribution is 9.09. The summed E-state index contributed by atoms with van der Waals surface area (Å²) in [6.07, 6.45) is 28.2. The van der Waals surface area contributed by atoms with Crippen LogP contribution in [-0.4, -0.2) is 134 Å². The van der Waals surface area contributed by atoms with E-state index >= 15 is 0 Å². The van der Waals surface area contributed by atoms with E-state index < -0.39 is 0 Å². The minimum atomic E-state index is -0.354. The van der Waals surface area contributed by atoms with Crippen molar-refractivity contribution >= 4 is 137 Å². The summed E-state index contributed by atoms with van der Waals surface area (Å²) in [6.45, 7) is 3.79. The molecule has 0 saturated heterocycles. The predicted octanol–water partition coefficient (Wildman–Crippen LogP) is 5.26. The number of ether oxygens (including phenoxy) is 4. The molecule has 0 bridgehead atoms. The fourth-order valence-corrected chi connectivity index (χ4v) is 10.4. The molecule has 38 nitrogen and oxygen atoms in total. The van der Waals surface area contributed by atoms with Crippen molar-refractivity contribution in [1.82, 2.24) is 88.0 Å². The molecule has 590 valence electrons. The van der Waals surface area contributed by atoms with Gasteiger partial charge in [0.15, 0.2) is 33.7 Å². The molecule has 0 spiro atoms. The second kappa shape index (κ2) is 41.4. The molecule has 9 aromatic heterocycles. The van der Waals surface area contributed by atoms with Crippen LogP contribution in [0.5, 0.6) is 23.0 Å². The maximum absolute atomic E-state index is 12.6. The Balaban J connectivity index is 0.000000172. The lowest BCUT2D eigenvalue weighted by atomic mass is 10.2. The summed E-state index contributed by atoms with van der Waals surface area (Å²) in [4.78, 5) is 112. The van der Waals surface area contributed by atoms with Crippen molar-refractivity contribution in [3.63, 3.8) is 0 Å². The van der Waals surface area contributed by atoms with Crippen LogP contribution >= 0.6 is 27.5 Å². The summed E-state index contributed by atoms with van der Waals surface area (Å²) in [5.41, 5.74) is 46.7. The molecular weight excluding hydrogens is 1570 g/mol. The number of nitrogens with zero attached hydrogens (tertiary/aromatic N) is 17. The Morgan fingerprint density at radius 1 is 0.504 bits per heavy atom. The van der Waals surface area contributed by atoms with Crippen LogP contribution in [-0.2, 0) is 61.8 Å². The van der Waals surface area contributed by atoms with E-state index in [0.717, 1.165) is 50.8 Å². The summed E-state index contributed by atoms with van der Waals surface area (Å²) in [5.74, 6) is 14.8. The Kier molecular flexibility index (Phi) is 30.6. The largest absolute Gasteiger partial charge is 0.497 e. The molecule has 10 heterocycles. The third-order valence-electron chi connectivity index (χ3n) is 15.7. The average Bonchev–Trinajstić information content (AvgIpc) is 1.63. The van der Waals surface area contributed by atoms with Crippen molar-refractivity contribution in [2.45, 2.75) is 59.2 Å². The number of aromatic amines is 2. The Labute approximate surface area is 669 Å². The van der Waals surface area contributed by atoms with Gasteiger partial charge < -0.3 is 69.7 Å². The van der Waals surface area contributed by atoms with Crippen LogP contribution in [0.2, 0.25) is 5.15 Å². The molecule has 0 unspecified atom stereocenters. The fourth-order valence-electron chi connectivity index (χ4n) is 10.2. The van der Waals surface area contributed by atoms with Gasteiger partial charge in [0.25, 0.3) is 0 Å². The third kappa shape index (κ3) is 23.5. The minimum absolute atomic E-state index is 0.00992. The highest BCUT2D eigenvalue weighted by Crippen LogP contribution is 2.30. The van der Waals surface area contributed by atoms with Crippen LogP contribution in [0, 0.1) is 49.4 Å². The number of H-pyrrole nitrogens is 2. The van der Waals surface area contributed by atoms with E-state index in [1.807, 2.05) is 97.1 Å². The number of aromatic nitrogens is 18. The molecule has 0 fully saturated rings. The standard InChI is InChI=1S/C16H15N5O2.C14H14N4O2.C12H14ClN5O.C12H15N5O.C10H9N5O2.C8H7N5O.C3H3Br/c1-3-8-20-13-9-18-15(17)19-14(13)21(16(20)22)10-11-4-6-12(23-2)7-5-11;1-20-11-4-2-9(3-5-11)8-18-12(19)6-10-7-16-14(15)17-13(10)18;1-19-8-4-2-7(3-5-8)6-16-11-9(14)10(13)17-12(15)18-11;1-18-9-4-2-8(3-5-9)6-15-11-10(13)7-16-12(14)17-11;1-3-4-15-7-5-11-9(12-6(2)16)13-8(7)14-10(15)17;1-2-3-13-5-4-10-7(9)11-6(5)12-8(13)14;1-2-3-4/h1,4-7,9H,8,10H2,2H3,(H2,17,18,19);2-5,7H,6,8H2,1H3,(H2,15,16,17);2-5H,6,14H2,1H3,(H3,15,16,17,18);2-5,7H,6,13H2,1H3,(H3,14,15,16,17);1,5H,4H2,2H3,(H2,11,12,13,14,16,17);1,4H,3H2,(H3,9,10,11,12,14);1H,3H2. The van der Waals surface area contributed by atoms with E-state index in [2.05, 4.69) is 125 Å². The minimum Gasteiger partial charge on any atom is -0.497 e. The number of amides is 2. The van der Waals surface area contributed by atoms with Gasteiger partial charge in [-0.1, -0.05) is 99.7 Å². The number of benzene rings is 4. The van der Waals surface area contributed by atoms with Crippen LogP contribution in [0.3, 0.4) is 0 Å². The molecule has 0 atom stereocenters. The van der Waals surface area contributed by atoms with Crippen molar-refractivity contribution in [3.05, 3.63) is 192 Å². The van der Waals surface area contributed by atoms with Crippen LogP contribution in [0.25, 0.3) is 33.5 Å². The number of fused-ring (bicyclic) bond motifs is 4. The number of rotatable bonds is 18. The Hall–Kier alpha value is -15.5. The maximum atomic E-state index is 12.6. The second-order valence-corrected chi connectivity index (χ2v) is 24.4. The average molecular weight is 1640 g/mol. The number of halogens is 2. The Bertz CT molecular complexity index is 5910. The number of anilines is 11. The van der Waals surface area contributed by atoms with Gasteiger partial charge in [-0.15, -0.1) is 25.7 Å². The normalized spacial score (nSPS) is 10.6. The Morgan fingerprint density at radius 3 is 1.43 bits per heavy atom. The summed E-state index contributed by atoms with van der Waals surface area (Å²) >= 11 is 8.84. The van der Waals surface area contributed by atoms with Gasteiger partial charge in [0.1, 0.15) is 51.1 Å². The zero-order valence-electron chi connectivity index (χ0n) is 62.4. The molecule has 13 aromatic rings. The summed E-state index contributed by atoms with van der Waals surface area (Å²) in [7, 11) is 6.48.